The standard InChI is InChI=1S/C14H20N2O2/c1-4-7-16-14(17)9-18-13-6-5-10(2)8-12(13)11(3)15/h4-6,8,11H,1,7,9,15H2,2-3H3,(H,16,17)/t11-/m0/s1. The zero-order valence-corrected chi connectivity index (χ0v) is 10.9. The zero-order valence-electron chi connectivity index (χ0n) is 10.9. The second kappa shape index (κ2) is 6.81. The molecule has 4 nitrogen and oxygen atoms in total. The summed E-state index contributed by atoms with van der Waals surface area (Å²) in [7, 11) is 0. The first-order chi connectivity index (χ1) is 8.54. The predicted octanol–water partition coefficient (Wildman–Crippen LogP) is 1.70. The Morgan fingerprint density at radius 2 is 2.33 bits per heavy atom. The Morgan fingerprint density at radius 3 is 2.94 bits per heavy atom. The van der Waals surface area contributed by atoms with Crippen molar-refractivity contribution >= 4 is 5.91 Å². The number of rotatable bonds is 6. The minimum atomic E-state index is -0.175. The quantitative estimate of drug-likeness (QED) is 0.753. The minimum absolute atomic E-state index is 0.0172. The van der Waals surface area contributed by atoms with Crippen LogP contribution in [0.5, 0.6) is 5.75 Å². The van der Waals surface area contributed by atoms with Gasteiger partial charge in [0.25, 0.3) is 5.91 Å². The van der Waals surface area contributed by atoms with Gasteiger partial charge in [0.1, 0.15) is 5.75 Å². The molecule has 4 heteroatoms. The lowest BCUT2D eigenvalue weighted by molar-refractivity contribution is -0.122. The van der Waals surface area contributed by atoms with Crippen LogP contribution in [0.15, 0.2) is 30.9 Å². The minimum Gasteiger partial charge on any atom is -0.483 e. The molecular formula is C14H20N2O2. The summed E-state index contributed by atoms with van der Waals surface area (Å²) in [6.45, 7) is 7.83. The van der Waals surface area contributed by atoms with E-state index in [4.69, 9.17) is 10.5 Å². The molecule has 0 saturated carbocycles. The maximum Gasteiger partial charge on any atom is 0.258 e. The van der Waals surface area contributed by atoms with Crippen LogP contribution in [-0.2, 0) is 4.79 Å². The summed E-state index contributed by atoms with van der Waals surface area (Å²) in [4.78, 5) is 11.4. The molecule has 0 saturated heterocycles. The molecule has 3 N–H and O–H groups in total. The molecule has 0 aliphatic carbocycles. The van der Waals surface area contributed by atoms with Gasteiger partial charge in [-0.05, 0) is 19.9 Å². The van der Waals surface area contributed by atoms with Gasteiger partial charge in [-0.25, -0.2) is 0 Å². The first kappa shape index (κ1) is 14.3. The fourth-order valence-corrected chi connectivity index (χ4v) is 1.54. The highest BCUT2D eigenvalue weighted by atomic mass is 16.5. The van der Waals surface area contributed by atoms with Crippen molar-refractivity contribution < 1.29 is 9.53 Å². The second-order valence-corrected chi connectivity index (χ2v) is 4.21. The van der Waals surface area contributed by atoms with Crippen molar-refractivity contribution in [1.29, 1.82) is 0 Å². The molecule has 98 valence electrons. The largest absolute Gasteiger partial charge is 0.483 e. The van der Waals surface area contributed by atoms with Gasteiger partial charge in [0.15, 0.2) is 6.61 Å². The Bertz CT molecular complexity index is 428. The van der Waals surface area contributed by atoms with E-state index in [1.165, 1.54) is 0 Å². The second-order valence-electron chi connectivity index (χ2n) is 4.21. The van der Waals surface area contributed by atoms with Crippen molar-refractivity contribution in [2.75, 3.05) is 13.2 Å². The van der Waals surface area contributed by atoms with E-state index in [0.29, 0.717) is 12.3 Å². The third kappa shape index (κ3) is 4.22. The van der Waals surface area contributed by atoms with E-state index in [9.17, 15) is 4.79 Å². The molecule has 0 unspecified atom stereocenters. The average molecular weight is 248 g/mol. The van der Waals surface area contributed by atoms with Crippen LogP contribution < -0.4 is 15.8 Å². The molecule has 0 bridgehead atoms. The molecule has 1 rings (SSSR count). The van der Waals surface area contributed by atoms with Crippen molar-refractivity contribution in [1.82, 2.24) is 5.32 Å². The van der Waals surface area contributed by atoms with Gasteiger partial charge in [-0.3, -0.25) is 4.79 Å². The fourth-order valence-electron chi connectivity index (χ4n) is 1.54. The van der Waals surface area contributed by atoms with Crippen LogP contribution in [0.2, 0.25) is 0 Å². The molecule has 0 heterocycles. The number of hydrogen-bond donors (Lipinski definition) is 2. The van der Waals surface area contributed by atoms with E-state index in [1.54, 1.807) is 6.08 Å². The Labute approximate surface area is 108 Å². The molecule has 1 aromatic carbocycles. The van der Waals surface area contributed by atoms with Crippen molar-refractivity contribution in [2.45, 2.75) is 19.9 Å². The number of nitrogens with one attached hydrogen (secondary N) is 1. The third-order valence-electron chi connectivity index (χ3n) is 2.46. The van der Waals surface area contributed by atoms with E-state index in [2.05, 4.69) is 11.9 Å². The van der Waals surface area contributed by atoms with Crippen LogP contribution in [0.3, 0.4) is 0 Å². The summed E-state index contributed by atoms with van der Waals surface area (Å²) in [6, 6.07) is 5.62. The lowest BCUT2D eigenvalue weighted by Crippen LogP contribution is -2.29. The Balaban J connectivity index is 2.66. The third-order valence-corrected chi connectivity index (χ3v) is 2.46. The SMILES string of the molecule is C=CCNC(=O)COc1ccc(C)cc1[C@H](C)N. The van der Waals surface area contributed by atoms with Crippen molar-refractivity contribution in [3.05, 3.63) is 42.0 Å². The molecular weight excluding hydrogens is 228 g/mol. The summed E-state index contributed by atoms with van der Waals surface area (Å²) < 4.78 is 5.49. The molecule has 0 radical (unpaired) electrons. The zero-order chi connectivity index (χ0) is 13.5. The van der Waals surface area contributed by atoms with Gasteiger partial charge in [-0.15, -0.1) is 6.58 Å². The summed E-state index contributed by atoms with van der Waals surface area (Å²) in [5.41, 5.74) is 7.90. The number of ether oxygens (including phenoxy) is 1. The summed E-state index contributed by atoms with van der Waals surface area (Å²) in [5.74, 6) is 0.482. The van der Waals surface area contributed by atoms with Gasteiger partial charge in [-0.2, -0.15) is 0 Å². The van der Waals surface area contributed by atoms with Gasteiger partial charge < -0.3 is 15.8 Å². The molecule has 0 aromatic heterocycles. The highest BCUT2D eigenvalue weighted by Crippen LogP contribution is 2.24. The highest BCUT2D eigenvalue weighted by molar-refractivity contribution is 5.77. The van der Waals surface area contributed by atoms with Gasteiger partial charge in [0.2, 0.25) is 0 Å². The number of carbonyl (C=O) groups excluding carboxylic acids is 1. The van der Waals surface area contributed by atoms with Gasteiger partial charge in [0, 0.05) is 18.2 Å². The normalized spacial score (nSPS) is 11.7. The average Bonchev–Trinajstić information content (AvgIpc) is 2.34. The molecule has 18 heavy (non-hydrogen) atoms. The topological polar surface area (TPSA) is 64.3 Å². The summed E-state index contributed by atoms with van der Waals surface area (Å²) >= 11 is 0. The van der Waals surface area contributed by atoms with Crippen LogP contribution in [0.25, 0.3) is 0 Å². The smallest absolute Gasteiger partial charge is 0.258 e. The van der Waals surface area contributed by atoms with E-state index >= 15 is 0 Å². The number of nitrogens with two attached hydrogens (primary N) is 1. The van der Waals surface area contributed by atoms with Crippen molar-refractivity contribution in [3.8, 4) is 5.75 Å². The van der Waals surface area contributed by atoms with E-state index in [0.717, 1.165) is 11.1 Å². The molecule has 0 fully saturated rings. The first-order valence-corrected chi connectivity index (χ1v) is 5.91. The van der Waals surface area contributed by atoms with E-state index in [1.807, 2.05) is 32.0 Å². The van der Waals surface area contributed by atoms with Crippen LogP contribution in [0.4, 0.5) is 0 Å². The number of aryl methyl sites for hydroxylation is 1. The summed E-state index contributed by atoms with van der Waals surface area (Å²) in [5, 5.41) is 2.65. The monoisotopic (exact) mass is 248 g/mol. The molecule has 0 spiro atoms. The number of benzene rings is 1. The lowest BCUT2D eigenvalue weighted by Gasteiger charge is -2.14. The Kier molecular flexibility index (Phi) is 5.39. The molecule has 0 aliphatic rings. The highest BCUT2D eigenvalue weighted by Gasteiger charge is 2.10. The van der Waals surface area contributed by atoms with Crippen LogP contribution in [-0.4, -0.2) is 19.1 Å². The van der Waals surface area contributed by atoms with Crippen LogP contribution >= 0.6 is 0 Å². The van der Waals surface area contributed by atoms with E-state index in [-0.39, 0.29) is 18.6 Å². The molecule has 1 amide bonds. The molecule has 1 atom stereocenters. The maximum atomic E-state index is 11.4. The first-order valence-electron chi connectivity index (χ1n) is 5.91. The lowest BCUT2D eigenvalue weighted by atomic mass is 10.1. The maximum absolute atomic E-state index is 11.4. The number of amides is 1. The Morgan fingerprint density at radius 1 is 1.61 bits per heavy atom. The molecule has 0 aliphatic heterocycles. The van der Waals surface area contributed by atoms with E-state index < -0.39 is 0 Å². The van der Waals surface area contributed by atoms with Gasteiger partial charge in [-0.1, -0.05) is 23.8 Å². The molecule has 1 aromatic rings. The van der Waals surface area contributed by atoms with Crippen LogP contribution in [0, 0.1) is 6.92 Å². The summed E-state index contributed by atoms with van der Waals surface area (Å²) in [6.07, 6.45) is 1.62. The van der Waals surface area contributed by atoms with Crippen molar-refractivity contribution in [3.63, 3.8) is 0 Å². The van der Waals surface area contributed by atoms with Crippen molar-refractivity contribution in [2.24, 2.45) is 5.73 Å². The fraction of sp³-hybridized carbons (Fsp3) is 0.357. The van der Waals surface area contributed by atoms with Gasteiger partial charge in [0.05, 0.1) is 0 Å². The number of carbonyl (C=O) groups is 1. The predicted molar refractivity (Wildman–Crippen MR) is 72.5 cm³/mol. The van der Waals surface area contributed by atoms with Gasteiger partial charge >= 0.3 is 0 Å². The number of hydrogen-bond acceptors (Lipinski definition) is 3. The Hall–Kier alpha value is -1.81. The van der Waals surface area contributed by atoms with Crippen LogP contribution in [0.1, 0.15) is 24.1 Å².